The van der Waals surface area contributed by atoms with Crippen molar-refractivity contribution in [1.82, 2.24) is 15.1 Å². The molecule has 3 aromatic rings. The molecule has 1 fully saturated rings. The second-order valence-corrected chi connectivity index (χ2v) is 6.16. The maximum Gasteiger partial charge on any atom is 0.241 e. The summed E-state index contributed by atoms with van der Waals surface area (Å²) < 4.78 is 8.06. The fourth-order valence-electron chi connectivity index (χ4n) is 3.01. The summed E-state index contributed by atoms with van der Waals surface area (Å²) in [5.74, 6) is 0.665. The number of aromatic nitrogens is 2. The van der Waals surface area contributed by atoms with E-state index >= 15 is 0 Å². The lowest BCUT2D eigenvalue weighted by Gasteiger charge is -2.22. The Labute approximate surface area is 140 Å². The number of ether oxygens (including phenoxy) is 1. The highest BCUT2D eigenvalue weighted by molar-refractivity contribution is 6.35. The Morgan fingerprint density at radius 3 is 2.61 bits per heavy atom. The molecule has 2 aromatic carbocycles. The highest BCUT2D eigenvalue weighted by atomic mass is 35.5. The number of halogens is 1. The van der Waals surface area contributed by atoms with Gasteiger partial charge in [0, 0.05) is 0 Å². The fourth-order valence-corrected chi connectivity index (χ4v) is 3.27. The van der Waals surface area contributed by atoms with E-state index in [1.807, 2.05) is 53.2 Å². The molecule has 0 aliphatic carbocycles. The standard InChI is InChI=1S/C18H18ClN3O/c19-16-8-4-7-15-17(16)22(13-5-2-1-3-6-13)21-18(15)23-14-9-11-20-12-10-14/h1-8,14,20H,9-12H2. The van der Waals surface area contributed by atoms with Gasteiger partial charge in [-0.25, -0.2) is 4.68 Å². The second kappa shape index (κ2) is 6.22. The molecular weight excluding hydrogens is 310 g/mol. The minimum Gasteiger partial charge on any atom is -0.473 e. The lowest BCUT2D eigenvalue weighted by atomic mass is 10.1. The van der Waals surface area contributed by atoms with Gasteiger partial charge in [-0.3, -0.25) is 0 Å². The number of hydrogen-bond donors (Lipinski definition) is 1. The number of benzene rings is 2. The van der Waals surface area contributed by atoms with Crippen LogP contribution in [0.3, 0.4) is 0 Å². The summed E-state index contributed by atoms with van der Waals surface area (Å²) in [6, 6.07) is 15.9. The fraction of sp³-hybridized carbons (Fsp3) is 0.278. The van der Waals surface area contributed by atoms with Gasteiger partial charge in [0.2, 0.25) is 5.88 Å². The van der Waals surface area contributed by atoms with Crippen LogP contribution in [0.2, 0.25) is 5.02 Å². The molecule has 1 aromatic heterocycles. The van der Waals surface area contributed by atoms with E-state index in [4.69, 9.17) is 21.4 Å². The number of para-hydroxylation sites is 2. The first-order chi connectivity index (χ1) is 11.3. The molecule has 1 aliphatic rings. The molecule has 0 radical (unpaired) electrons. The zero-order valence-corrected chi connectivity index (χ0v) is 13.5. The van der Waals surface area contributed by atoms with E-state index in [0.717, 1.165) is 42.5 Å². The van der Waals surface area contributed by atoms with Crippen molar-refractivity contribution < 1.29 is 4.74 Å². The minimum absolute atomic E-state index is 0.206. The Bertz CT molecular complexity index is 810. The van der Waals surface area contributed by atoms with Crippen molar-refractivity contribution in [1.29, 1.82) is 0 Å². The van der Waals surface area contributed by atoms with E-state index in [2.05, 4.69) is 5.32 Å². The molecule has 5 heteroatoms. The van der Waals surface area contributed by atoms with E-state index in [1.54, 1.807) is 0 Å². The maximum atomic E-state index is 6.44. The molecule has 0 unspecified atom stereocenters. The van der Waals surface area contributed by atoms with Gasteiger partial charge in [0.1, 0.15) is 6.10 Å². The average molecular weight is 328 g/mol. The van der Waals surface area contributed by atoms with Crippen LogP contribution in [0.1, 0.15) is 12.8 Å². The van der Waals surface area contributed by atoms with Gasteiger partial charge in [0.05, 0.1) is 21.6 Å². The number of rotatable bonds is 3. The van der Waals surface area contributed by atoms with Crippen LogP contribution in [0.15, 0.2) is 48.5 Å². The highest BCUT2D eigenvalue weighted by Gasteiger charge is 2.20. The van der Waals surface area contributed by atoms with Crippen molar-refractivity contribution in [2.75, 3.05) is 13.1 Å². The molecule has 1 N–H and O–H groups in total. The van der Waals surface area contributed by atoms with Crippen LogP contribution < -0.4 is 10.1 Å². The van der Waals surface area contributed by atoms with E-state index < -0.39 is 0 Å². The highest BCUT2D eigenvalue weighted by Crippen LogP contribution is 2.33. The summed E-state index contributed by atoms with van der Waals surface area (Å²) in [5, 5.41) is 9.69. The number of nitrogens with one attached hydrogen (secondary N) is 1. The molecule has 4 rings (SSSR count). The third kappa shape index (κ3) is 2.80. The van der Waals surface area contributed by atoms with Gasteiger partial charge in [0.15, 0.2) is 0 Å². The van der Waals surface area contributed by atoms with Gasteiger partial charge in [-0.1, -0.05) is 35.9 Å². The van der Waals surface area contributed by atoms with E-state index in [1.165, 1.54) is 0 Å². The quantitative estimate of drug-likeness (QED) is 0.795. The van der Waals surface area contributed by atoms with Crippen molar-refractivity contribution in [2.24, 2.45) is 0 Å². The molecule has 0 bridgehead atoms. The van der Waals surface area contributed by atoms with Crippen LogP contribution in [0.5, 0.6) is 5.88 Å². The van der Waals surface area contributed by atoms with Crippen molar-refractivity contribution >= 4 is 22.5 Å². The van der Waals surface area contributed by atoms with E-state index in [-0.39, 0.29) is 6.10 Å². The van der Waals surface area contributed by atoms with Gasteiger partial charge in [-0.05, 0) is 50.2 Å². The molecule has 0 spiro atoms. The lowest BCUT2D eigenvalue weighted by Crippen LogP contribution is -2.34. The van der Waals surface area contributed by atoms with Gasteiger partial charge in [0.25, 0.3) is 0 Å². The number of piperidine rings is 1. The molecule has 118 valence electrons. The van der Waals surface area contributed by atoms with Crippen LogP contribution in [-0.2, 0) is 0 Å². The van der Waals surface area contributed by atoms with E-state index in [0.29, 0.717) is 10.9 Å². The zero-order chi connectivity index (χ0) is 15.6. The van der Waals surface area contributed by atoms with Crippen molar-refractivity contribution in [2.45, 2.75) is 18.9 Å². The number of nitrogens with zero attached hydrogens (tertiary/aromatic N) is 2. The maximum absolute atomic E-state index is 6.44. The summed E-state index contributed by atoms with van der Waals surface area (Å²) in [6.07, 6.45) is 2.21. The van der Waals surface area contributed by atoms with Crippen molar-refractivity contribution in [3.8, 4) is 11.6 Å². The van der Waals surface area contributed by atoms with Crippen molar-refractivity contribution in [3.05, 3.63) is 53.6 Å². The molecular formula is C18H18ClN3O. The first-order valence-electron chi connectivity index (χ1n) is 7.93. The van der Waals surface area contributed by atoms with Gasteiger partial charge >= 0.3 is 0 Å². The summed E-state index contributed by atoms with van der Waals surface area (Å²) in [5.41, 5.74) is 1.87. The summed E-state index contributed by atoms with van der Waals surface area (Å²) in [7, 11) is 0. The summed E-state index contributed by atoms with van der Waals surface area (Å²) in [6.45, 7) is 1.98. The van der Waals surface area contributed by atoms with Crippen LogP contribution in [0.25, 0.3) is 16.6 Å². The third-order valence-corrected chi connectivity index (χ3v) is 4.49. The summed E-state index contributed by atoms with van der Waals surface area (Å²) in [4.78, 5) is 0. The molecule has 0 atom stereocenters. The van der Waals surface area contributed by atoms with Crippen LogP contribution in [0, 0.1) is 0 Å². The normalized spacial score (nSPS) is 15.9. The van der Waals surface area contributed by atoms with Crippen LogP contribution in [0.4, 0.5) is 0 Å². The molecule has 1 saturated heterocycles. The number of fused-ring (bicyclic) bond motifs is 1. The first-order valence-corrected chi connectivity index (χ1v) is 8.31. The Kier molecular flexibility index (Phi) is 3.93. The van der Waals surface area contributed by atoms with E-state index in [9.17, 15) is 0 Å². The predicted molar refractivity (Wildman–Crippen MR) is 92.6 cm³/mol. The molecule has 23 heavy (non-hydrogen) atoms. The molecule has 2 heterocycles. The monoisotopic (exact) mass is 327 g/mol. The predicted octanol–water partition coefficient (Wildman–Crippen LogP) is 3.81. The largest absolute Gasteiger partial charge is 0.473 e. The van der Waals surface area contributed by atoms with Gasteiger partial charge in [-0.2, -0.15) is 0 Å². The Balaban J connectivity index is 1.80. The molecule has 0 amide bonds. The average Bonchev–Trinajstić information content (AvgIpc) is 2.97. The Morgan fingerprint density at radius 1 is 1.04 bits per heavy atom. The zero-order valence-electron chi connectivity index (χ0n) is 12.7. The second-order valence-electron chi connectivity index (χ2n) is 5.76. The SMILES string of the molecule is Clc1cccc2c(OC3CCNCC3)nn(-c3ccccc3)c12. The van der Waals surface area contributed by atoms with Crippen molar-refractivity contribution in [3.63, 3.8) is 0 Å². The molecule has 4 nitrogen and oxygen atoms in total. The lowest BCUT2D eigenvalue weighted by molar-refractivity contribution is 0.157. The molecule has 1 aliphatic heterocycles. The van der Waals surface area contributed by atoms with Crippen LogP contribution in [-0.4, -0.2) is 29.0 Å². The Morgan fingerprint density at radius 2 is 1.83 bits per heavy atom. The molecule has 0 saturated carbocycles. The number of hydrogen-bond acceptors (Lipinski definition) is 3. The third-order valence-electron chi connectivity index (χ3n) is 4.19. The van der Waals surface area contributed by atoms with Gasteiger partial charge in [-0.15, -0.1) is 5.10 Å². The Hall–Kier alpha value is -2.04. The minimum atomic E-state index is 0.206. The van der Waals surface area contributed by atoms with Gasteiger partial charge < -0.3 is 10.1 Å². The smallest absolute Gasteiger partial charge is 0.241 e. The summed E-state index contributed by atoms with van der Waals surface area (Å²) >= 11 is 6.44. The van der Waals surface area contributed by atoms with Crippen LogP contribution >= 0.6 is 11.6 Å². The first kappa shape index (κ1) is 14.5. The topological polar surface area (TPSA) is 39.1 Å².